The Labute approximate surface area is 157 Å². The second kappa shape index (κ2) is 5.64. The van der Waals surface area contributed by atoms with E-state index in [1.54, 1.807) is 19.3 Å². The van der Waals surface area contributed by atoms with Crippen molar-refractivity contribution in [2.75, 3.05) is 11.1 Å². The fourth-order valence-electron chi connectivity index (χ4n) is 8.30. The van der Waals surface area contributed by atoms with Crippen LogP contribution in [-0.4, -0.2) is 28.6 Å². The summed E-state index contributed by atoms with van der Waals surface area (Å²) in [5.74, 6) is 3.17. The van der Waals surface area contributed by atoms with Gasteiger partial charge in [0.2, 0.25) is 0 Å². The number of hydrogen-bond acceptors (Lipinski definition) is 3. The highest BCUT2D eigenvalue weighted by Crippen LogP contribution is 2.60. The maximum atomic E-state index is 6.18. The van der Waals surface area contributed by atoms with Crippen LogP contribution in [-0.2, 0) is 0 Å². The molecule has 6 aliphatic rings. The van der Waals surface area contributed by atoms with Gasteiger partial charge in [-0.15, -0.1) is 0 Å². The molecule has 6 bridgehead atoms. The van der Waals surface area contributed by atoms with Crippen LogP contribution in [0.15, 0.2) is 24.3 Å². The van der Waals surface area contributed by atoms with Gasteiger partial charge in [-0.3, -0.25) is 4.90 Å². The van der Waals surface area contributed by atoms with Crippen molar-refractivity contribution < 1.29 is 0 Å². The average Bonchev–Trinajstić information content (AvgIpc) is 2.88. The first-order chi connectivity index (χ1) is 12.7. The number of anilines is 2. The Hall–Kier alpha value is -1.22. The Morgan fingerprint density at radius 3 is 2.00 bits per heavy atom. The van der Waals surface area contributed by atoms with Gasteiger partial charge < -0.3 is 11.1 Å². The summed E-state index contributed by atoms with van der Waals surface area (Å²) in [7, 11) is 0. The maximum Gasteiger partial charge on any atom is 0.0576 e. The molecule has 0 unspecified atom stereocenters. The second-order valence-electron chi connectivity index (χ2n) is 10.3. The van der Waals surface area contributed by atoms with Gasteiger partial charge in [-0.2, -0.15) is 0 Å². The number of hydrogen-bond donors (Lipinski definition) is 2. The van der Waals surface area contributed by atoms with Crippen molar-refractivity contribution in [1.29, 1.82) is 0 Å². The molecule has 3 N–H and O–H groups in total. The monoisotopic (exact) mass is 351 g/mol. The lowest BCUT2D eigenvalue weighted by Crippen LogP contribution is -2.65. The number of rotatable bonds is 3. The van der Waals surface area contributed by atoms with E-state index in [-0.39, 0.29) is 0 Å². The molecule has 26 heavy (non-hydrogen) atoms. The first kappa shape index (κ1) is 15.8. The maximum absolute atomic E-state index is 6.18. The van der Waals surface area contributed by atoms with Crippen LogP contribution < -0.4 is 11.1 Å². The third-order valence-electron chi connectivity index (χ3n) is 8.61. The van der Waals surface area contributed by atoms with Crippen molar-refractivity contribution in [3.63, 3.8) is 0 Å². The van der Waals surface area contributed by atoms with Gasteiger partial charge in [0.25, 0.3) is 0 Å². The summed E-state index contributed by atoms with van der Waals surface area (Å²) in [5, 5.41) is 3.79. The lowest BCUT2D eigenvalue weighted by Gasteiger charge is -2.63. The predicted molar refractivity (Wildman–Crippen MR) is 107 cm³/mol. The Morgan fingerprint density at radius 1 is 0.846 bits per heavy atom. The van der Waals surface area contributed by atoms with E-state index in [4.69, 9.17) is 5.73 Å². The number of nitrogen functional groups attached to an aromatic ring is 1. The predicted octanol–water partition coefficient (Wildman–Crippen LogP) is 4.64. The van der Waals surface area contributed by atoms with Crippen LogP contribution in [0.4, 0.5) is 11.4 Å². The molecule has 6 fully saturated rings. The van der Waals surface area contributed by atoms with Crippen LogP contribution in [0.1, 0.15) is 64.2 Å². The summed E-state index contributed by atoms with van der Waals surface area (Å²) >= 11 is 0. The number of nitrogens with one attached hydrogen (secondary N) is 1. The zero-order valence-electron chi connectivity index (χ0n) is 15.9. The number of nitrogens with zero attached hydrogens (tertiary/aromatic N) is 1. The molecule has 4 saturated carbocycles. The summed E-state index contributed by atoms with van der Waals surface area (Å²) in [5.41, 5.74) is 8.81. The zero-order valence-corrected chi connectivity index (χ0v) is 15.9. The molecular formula is C23H33N3. The zero-order chi connectivity index (χ0) is 17.3. The molecule has 2 saturated heterocycles. The first-order valence-electron chi connectivity index (χ1n) is 11.1. The van der Waals surface area contributed by atoms with E-state index in [0.29, 0.717) is 11.6 Å². The van der Waals surface area contributed by atoms with Crippen LogP contribution in [0.25, 0.3) is 0 Å². The van der Waals surface area contributed by atoms with Gasteiger partial charge in [0, 0.05) is 23.7 Å². The lowest BCUT2D eigenvalue weighted by molar-refractivity contribution is -0.117. The molecule has 1 aromatic rings. The van der Waals surface area contributed by atoms with Crippen LogP contribution >= 0.6 is 0 Å². The van der Waals surface area contributed by atoms with E-state index in [0.717, 1.165) is 41.2 Å². The SMILES string of the molecule is Nc1ccccc1N[C@@H]1C[C@H]2CC[C@@H](C1)N2C12CC3CC(CC(C3)C1)C2. The summed E-state index contributed by atoms with van der Waals surface area (Å²) in [6.07, 6.45) is 14.7. The molecule has 3 nitrogen and oxygen atoms in total. The minimum atomic E-state index is 0.595. The fraction of sp³-hybridized carbons (Fsp3) is 0.739. The molecule has 0 spiro atoms. The summed E-state index contributed by atoms with van der Waals surface area (Å²) in [6.45, 7) is 0. The van der Waals surface area contributed by atoms with E-state index in [9.17, 15) is 0 Å². The summed E-state index contributed by atoms with van der Waals surface area (Å²) in [6, 6.07) is 10.5. The Balaban J connectivity index is 1.22. The fourth-order valence-corrected chi connectivity index (χ4v) is 8.30. The van der Waals surface area contributed by atoms with Crippen molar-refractivity contribution in [2.24, 2.45) is 17.8 Å². The van der Waals surface area contributed by atoms with Gasteiger partial charge in [0.15, 0.2) is 0 Å². The molecule has 3 heteroatoms. The highest BCUT2D eigenvalue weighted by Gasteiger charge is 2.58. The molecule has 140 valence electrons. The second-order valence-corrected chi connectivity index (χ2v) is 10.3. The van der Waals surface area contributed by atoms with Crippen molar-refractivity contribution in [1.82, 2.24) is 4.90 Å². The molecule has 1 aromatic carbocycles. The van der Waals surface area contributed by atoms with Gasteiger partial charge in [0.05, 0.1) is 11.4 Å². The average molecular weight is 352 g/mol. The molecule has 0 aromatic heterocycles. The molecule has 2 heterocycles. The van der Waals surface area contributed by atoms with Crippen molar-refractivity contribution >= 4 is 11.4 Å². The molecule has 7 rings (SSSR count). The molecule has 2 aliphatic heterocycles. The van der Waals surface area contributed by atoms with E-state index >= 15 is 0 Å². The third-order valence-corrected chi connectivity index (χ3v) is 8.61. The number of nitrogens with two attached hydrogens (primary N) is 1. The molecule has 3 atom stereocenters. The summed E-state index contributed by atoms with van der Waals surface area (Å²) in [4.78, 5) is 3.10. The molecular weight excluding hydrogens is 318 g/mol. The van der Waals surface area contributed by atoms with Crippen LogP contribution in [0.3, 0.4) is 0 Å². The van der Waals surface area contributed by atoms with E-state index < -0.39 is 0 Å². The summed E-state index contributed by atoms with van der Waals surface area (Å²) < 4.78 is 0. The van der Waals surface area contributed by atoms with Crippen LogP contribution in [0.2, 0.25) is 0 Å². The highest BCUT2D eigenvalue weighted by atomic mass is 15.3. The number of para-hydroxylation sites is 2. The first-order valence-corrected chi connectivity index (χ1v) is 11.1. The number of fused-ring (bicyclic) bond motifs is 2. The van der Waals surface area contributed by atoms with Crippen molar-refractivity contribution in [3.8, 4) is 0 Å². The quantitative estimate of drug-likeness (QED) is 0.779. The topological polar surface area (TPSA) is 41.3 Å². The van der Waals surface area contributed by atoms with Crippen LogP contribution in [0, 0.1) is 17.8 Å². The normalized spacial score (nSPS) is 46.6. The van der Waals surface area contributed by atoms with Crippen LogP contribution in [0.5, 0.6) is 0 Å². The Kier molecular flexibility index (Phi) is 3.43. The molecule has 0 radical (unpaired) electrons. The van der Waals surface area contributed by atoms with E-state index in [1.807, 2.05) is 12.1 Å². The minimum Gasteiger partial charge on any atom is -0.397 e. The number of benzene rings is 1. The van der Waals surface area contributed by atoms with Gasteiger partial charge in [-0.1, -0.05) is 12.1 Å². The van der Waals surface area contributed by atoms with Gasteiger partial charge >= 0.3 is 0 Å². The van der Waals surface area contributed by atoms with Crippen molar-refractivity contribution in [2.45, 2.75) is 87.9 Å². The third kappa shape index (κ3) is 2.35. The molecule has 4 aliphatic carbocycles. The van der Waals surface area contributed by atoms with Gasteiger partial charge in [-0.05, 0) is 94.1 Å². The van der Waals surface area contributed by atoms with E-state index in [2.05, 4.69) is 22.3 Å². The standard InChI is InChI=1S/C23H33N3/c24-21-3-1-2-4-22(21)25-18-10-19-5-6-20(11-18)26(19)23-12-15-7-16(13-23)9-17(8-15)14-23/h1-4,15-20,25H,5-14,24H2/t15?,16?,17?,18-,19-,20+,23?. The highest BCUT2D eigenvalue weighted by molar-refractivity contribution is 5.66. The van der Waals surface area contributed by atoms with Gasteiger partial charge in [-0.25, -0.2) is 0 Å². The van der Waals surface area contributed by atoms with E-state index in [1.165, 1.54) is 44.9 Å². The molecule has 0 amide bonds. The lowest BCUT2D eigenvalue weighted by atomic mass is 9.52. The smallest absolute Gasteiger partial charge is 0.0576 e. The Morgan fingerprint density at radius 2 is 1.42 bits per heavy atom. The Bertz CT molecular complexity index is 649. The van der Waals surface area contributed by atoms with Gasteiger partial charge in [0.1, 0.15) is 0 Å². The number of piperidine rings is 1. The van der Waals surface area contributed by atoms with Crippen molar-refractivity contribution in [3.05, 3.63) is 24.3 Å². The minimum absolute atomic E-state index is 0.595. The largest absolute Gasteiger partial charge is 0.397 e.